The lowest BCUT2D eigenvalue weighted by Gasteiger charge is -2.17. The summed E-state index contributed by atoms with van der Waals surface area (Å²) in [5.74, 6) is 0.105. The van der Waals surface area contributed by atoms with Crippen molar-refractivity contribution >= 4 is 16.8 Å². The quantitative estimate of drug-likeness (QED) is 0.793. The van der Waals surface area contributed by atoms with Gasteiger partial charge in [0.25, 0.3) is 5.91 Å². The van der Waals surface area contributed by atoms with Crippen LogP contribution in [0.2, 0.25) is 0 Å². The van der Waals surface area contributed by atoms with Gasteiger partial charge in [-0.1, -0.05) is 6.07 Å². The number of hydrogen-bond acceptors (Lipinski definition) is 4. The Hall–Kier alpha value is -2.89. The average Bonchev–Trinajstić information content (AvgIpc) is 3.43. The topological polar surface area (TPSA) is 67.8 Å². The minimum absolute atomic E-state index is 0.230. The number of aryl methyl sites for hydroxylation is 1. The van der Waals surface area contributed by atoms with Gasteiger partial charge in [0.2, 0.25) is 0 Å². The fourth-order valence-electron chi connectivity index (χ4n) is 2.99. The summed E-state index contributed by atoms with van der Waals surface area (Å²) in [6, 6.07) is 7.61. The van der Waals surface area contributed by atoms with Crippen molar-refractivity contribution < 1.29 is 9.18 Å². The molecule has 1 aliphatic rings. The lowest BCUT2D eigenvalue weighted by molar-refractivity contribution is 0.0930. The fourth-order valence-corrected chi connectivity index (χ4v) is 2.99. The summed E-state index contributed by atoms with van der Waals surface area (Å²) in [7, 11) is 0. The number of carbonyl (C=O) groups is 1. The molecule has 0 saturated heterocycles. The van der Waals surface area contributed by atoms with Crippen LogP contribution in [0.25, 0.3) is 10.9 Å². The van der Waals surface area contributed by atoms with E-state index in [1.807, 2.05) is 13.0 Å². The van der Waals surface area contributed by atoms with Crippen molar-refractivity contribution in [1.82, 2.24) is 20.3 Å². The Bertz CT molecular complexity index is 955. The molecule has 1 fully saturated rings. The van der Waals surface area contributed by atoms with Gasteiger partial charge in [0, 0.05) is 23.5 Å². The molecule has 2 aromatic heterocycles. The smallest absolute Gasteiger partial charge is 0.254 e. The normalized spacial score (nSPS) is 15.1. The largest absolute Gasteiger partial charge is 0.342 e. The zero-order valence-corrected chi connectivity index (χ0v) is 13.7. The molecule has 6 heteroatoms. The summed E-state index contributed by atoms with van der Waals surface area (Å²) in [5, 5.41) is 3.59. The molecule has 0 unspecified atom stereocenters. The maximum Gasteiger partial charge on any atom is 0.254 e. The van der Waals surface area contributed by atoms with Crippen molar-refractivity contribution in [2.45, 2.75) is 25.8 Å². The number of carbonyl (C=O) groups excluding carboxylic acids is 1. The highest BCUT2D eigenvalue weighted by atomic mass is 19.1. The number of aromatic nitrogens is 3. The first-order valence-electron chi connectivity index (χ1n) is 8.26. The van der Waals surface area contributed by atoms with Crippen LogP contribution in [0, 0.1) is 18.7 Å². The number of amides is 1. The van der Waals surface area contributed by atoms with E-state index in [1.54, 1.807) is 24.5 Å². The minimum atomic E-state index is -0.458. The first-order chi connectivity index (χ1) is 12.1. The monoisotopic (exact) mass is 336 g/mol. The van der Waals surface area contributed by atoms with E-state index in [4.69, 9.17) is 0 Å². The second kappa shape index (κ2) is 6.20. The van der Waals surface area contributed by atoms with Crippen LogP contribution in [-0.2, 0) is 0 Å². The molecule has 1 aromatic carbocycles. The number of hydrogen-bond donors (Lipinski definition) is 1. The second-order valence-corrected chi connectivity index (χ2v) is 6.37. The molecule has 2 heterocycles. The zero-order chi connectivity index (χ0) is 17.4. The Labute approximate surface area is 144 Å². The van der Waals surface area contributed by atoms with E-state index >= 15 is 0 Å². The second-order valence-electron chi connectivity index (χ2n) is 6.37. The van der Waals surface area contributed by atoms with Gasteiger partial charge in [0.05, 0.1) is 17.1 Å². The summed E-state index contributed by atoms with van der Waals surface area (Å²) < 4.78 is 13.9. The Morgan fingerprint density at radius 1 is 1.24 bits per heavy atom. The van der Waals surface area contributed by atoms with Gasteiger partial charge in [0.1, 0.15) is 5.82 Å². The van der Waals surface area contributed by atoms with Crippen molar-refractivity contribution in [1.29, 1.82) is 0 Å². The Morgan fingerprint density at radius 2 is 2.08 bits per heavy atom. The van der Waals surface area contributed by atoms with Crippen LogP contribution in [0.1, 0.15) is 40.8 Å². The SMILES string of the molecule is Cc1ccnc([C@H](NC(=O)c2cc(F)cc3cccnc23)C2CC2)n1. The van der Waals surface area contributed by atoms with Gasteiger partial charge in [0.15, 0.2) is 5.82 Å². The van der Waals surface area contributed by atoms with Crippen molar-refractivity contribution in [3.05, 3.63) is 65.6 Å². The Morgan fingerprint density at radius 3 is 2.84 bits per heavy atom. The van der Waals surface area contributed by atoms with E-state index in [2.05, 4.69) is 20.3 Å². The fraction of sp³-hybridized carbons (Fsp3) is 0.263. The highest BCUT2D eigenvalue weighted by molar-refractivity contribution is 6.05. The van der Waals surface area contributed by atoms with Crippen LogP contribution >= 0.6 is 0 Å². The number of benzene rings is 1. The molecule has 0 aliphatic heterocycles. The molecule has 0 radical (unpaired) electrons. The molecule has 25 heavy (non-hydrogen) atoms. The standard InChI is InChI=1S/C19H17FN4O/c1-11-6-8-22-18(23-11)17(12-4-5-12)24-19(25)15-10-14(20)9-13-3-2-7-21-16(13)15/h2-3,6-10,12,17H,4-5H2,1H3,(H,24,25)/t17-/m1/s1. The molecule has 1 amide bonds. The predicted octanol–water partition coefficient (Wildman–Crippen LogP) is 3.35. The highest BCUT2D eigenvalue weighted by Crippen LogP contribution is 2.40. The van der Waals surface area contributed by atoms with Gasteiger partial charge in [-0.25, -0.2) is 14.4 Å². The van der Waals surface area contributed by atoms with Gasteiger partial charge >= 0.3 is 0 Å². The lowest BCUT2D eigenvalue weighted by Crippen LogP contribution is -2.31. The summed E-state index contributed by atoms with van der Waals surface area (Å²) in [4.78, 5) is 25.8. The molecular formula is C19H17FN4O. The summed E-state index contributed by atoms with van der Waals surface area (Å²) in [6.45, 7) is 1.89. The maximum absolute atomic E-state index is 13.9. The summed E-state index contributed by atoms with van der Waals surface area (Å²) >= 11 is 0. The van der Waals surface area contributed by atoms with Crippen molar-refractivity contribution in [3.8, 4) is 0 Å². The van der Waals surface area contributed by atoms with E-state index in [0.29, 0.717) is 22.6 Å². The molecule has 0 bridgehead atoms. The van der Waals surface area contributed by atoms with E-state index in [9.17, 15) is 9.18 Å². The highest BCUT2D eigenvalue weighted by Gasteiger charge is 2.35. The molecule has 3 aromatic rings. The summed E-state index contributed by atoms with van der Waals surface area (Å²) in [5.41, 5.74) is 1.57. The van der Waals surface area contributed by atoms with E-state index in [-0.39, 0.29) is 17.5 Å². The first-order valence-corrected chi connectivity index (χ1v) is 8.26. The van der Waals surface area contributed by atoms with Crippen LogP contribution in [-0.4, -0.2) is 20.9 Å². The molecule has 1 saturated carbocycles. The molecule has 4 rings (SSSR count). The van der Waals surface area contributed by atoms with Crippen LogP contribution in [0.5, 0.6) is 0 Å². The molecule has 5 nitrogen and oxygen atoms in total. The van der Waals surface area contributed by atoms with Crippen LogP contribution in [0.4, 0.5) is 4.39 Å². The molecular weight excluding hydrogens is 319 g/mol. The average molecular weight is 336 g/mol. The minimum Gasteiger partial charge on any atom is -0.342 e. The first kappa shape index (κ1) is 15.6. The van der Waals surface area contributed by atoms with Gasteiger partial charge < -0.3 is 5.32 Å². The van der Waals surface area contributed by atoms with Gasteiger partial charge in [-0.3, -0.25) is 9.78 Å². The molecule has 1 atom stereocenters. The maximum atomic E-state index is 13.9. The number of nitrogens with zero attached hydrogens (tertiary/aromatic N) is 3. The van der Waals surface area contributed by atoms with Gasteiger partial charge in [-0.05, 0) is 49.9 Å². The third kappa shape index (κ3) is 3.20. The van der Waals surface area contributed by atoms with Crippen molar-refractivity contribution in [2.24, 2.45) is 5.92 Å². The van der Waals surface area contributed by atoms with E-state index in [1.165, 1.54) is 12.1 Å². The van der Waals surface area contributed by atoms with Gasteiger partial charge in [-0.2, -0.15) is 0 Å². The predicted molar refractivity (Wildman–Crippen MR) is 91.4 cm³/mol. The molecule has 0 spiro atoms. The molecule has 1 N–H and O–H groups in total. The number of pyridine rings is 1. The third-order valence-corrected chi connectivity index (χ3v) is 4.39. The van der Waals surface area contributed by atoms with E-state index < -0.39 is 5.82 Å². The van der Waals surface area contributed by atoms with Crippen LogP contribution in [0.3, 0.4) is 0 Å². The third-order valence-electron chi connectivity index (χ3n) is 4.39. The zero-order valence-electron chi connectivity index (χ0n) is 13.7. The van der Waals surface area contributed by atoms with E-state index in [0.717, 1.165) is 18.5 Å². The van der Waals surface area contributed by atoms with Crippen molar-refractivity contribution in [2.75, 3.05) is 0 Å². The number of halogens is 1. The Balaban J connectivity index is 1.69. The lowest BCUT2D eigenvalue weighted by atomic mass is 10.1. The summed E-state index contributed by atoms with van der Waals surface area (Å²) in [6.07, 6.45) is 5.33. The van der Waals surface area contributed by atoms with Crippen LogP contribution in [0.15, 0.2) is 42.7 Å². The number of fused-ring (bicyclic) bond motifs is 1. The van der Waals surface area contributed by atoms with Gasteiger partial charge in [-0.15, -0.1) is 0 Å². The van der Waals surface area contributed by atoms with Crippen molar-refractivity contribution in [3.63, 3.8) is 0 Å². The van der Waals surface area contributed by atoms with Crippen LogP contribution < -0.4 is 5.32 Å². The molecule has 126 valence electrons. The number of rotatable bonds is 4. The Kier molecular flexibility index (Phi) is 3.87. The molecule has 1 aliphatic carbocycles. The number of nitrogens with one attached hydrogen (secondary N) is 1.